The summed E-state index contributed by atoms with van der Waals surface area (Å²) in [6.07, 6.45) is 6.94. The van der Waals surface area contributed by atoms with Crippen LogP contribution in [0.15, 0.2) is 23.2 Å². The van der Waals surface area contributed by atoms with Crippen LogP contribution in [0.4, 0.5) is 0 Å². The molecule has 2 aliphatic carbocycles. The Kier molecular flexibility index (Phi) is 4.27. The first-order chi connectivity index (χ1) is 10.7. The summed E-state index contributed by atoms with van der Waals surface area (Å²) in [6.45, 7) is 3.45. The van der Waals surface area contributed by atoms with Crippen molar-refractivity contribution in [1.29, 1.82) is 0 Å². The molecule has 0 aliphatic heterocycles. The molecular formula is C16H21N3O3. The van der Waals surface area contributed by atoms with E-state index in [1.54, 1.807) is 6.07 Å². The molecule has 1 aromatic heterocycles. The minimum Gasteiger partial charge on any atom is -0.360 e. The van der Waals surface area contributed by atoms with Gasteiger partial charge in [-0.2, -0.15) is 0 Å². The van der Waals surface area contributed by atoms with E-state index in [1.807, 2.05) is 0 Å². The number of rotatable bonds is 5. The Hall–Kier alpha value is -2.11. The van der Waals surface area contributed by atoms with Gasteiger partial charge in [0.25, 0.3) is 5.91 Å². The van der Waals surface area contributed by atoms with E-state index in [9.17, 15) is 9.59 Å². The van der Waals surface area contributed by atoms with Gasteiger partial charge in [0.15, 0.2) is 5.69 Å². The van der Waals surface area contributed by atoms with Crippen LogP contribution in [0, 0.1) is 0 Å². The van der Waals surface area contributed by atoms with Crippen LogP contribution in [0.2, 0.25) is 0 Å². The summed E-state index contributed by atoms with van der Waals surface area (Å²) in [5.41, 5.74) is 0.365. The molecule has 2 fully saturated rings. The molecule has 1 heterocycles. The third-order valence-corrected chi connectivity index (χ3v) is 4.33. The molecule has 2 N–H and O–H groups in total. The standard InChI is InChI=1S/C16H21N3O3/c1-2-15(20)17-11-5-7-12(8-6-11)18-16(21)13-9-14(22-19-13)10-3-4-10/h2,9-12H,1,3-8H2,(H,17,20)(H,18,21). The summed E-state index contributed by atoms with van der Waals surface area (Å²) in [5, 5.41) is 9.75. The summed E-state index contributed by atoms with van der Waals surface area (Å²) >= 11 is 0. The van der Waals surface area contributed by atoms with Gasteiger partial charge in [0, 0.05) is 24.1 Å². The Balaban J connectivity index is 1.46. The predicted octanol–water partition coefficient (Wildman–Crippen LogP) is 1.90. The molecule has 2 amide bonds. The van der Waals surface area contributed by atoms with E-state index >= 15 is 0 Å². The van der Waals surface area contributed by atoms with Crippen LogP contribution >= 0.6 is 0 Å². The van der Waals surface area contributed by atoms with Crippen molar-refractivity contribution in [3.05, 3.63) is 30.2 Å². The van der Waals surface area contributed by atoms with Crippen molar-refractivity contribution in [3.8, 4) is 0 Å². The third-order valence-electron chi connectivity index (χ3n) is 4.33. The fourth-order valence-corrected chi connectivity index (χ4v) is 2.86. The van der Waals surface area contributed by atoms with Crippen LogP contribution in [-0.4, -0.2) is 29.1 Å². The Bertz CT molecular complexity index is 569. The number of aromatic nitrogens is 1. The lowest BCUT2D eigenvalue weighted by Gasteiger charge is -2.29. The number of nitrogens with zero attached hydrogens (tertiary/aromatic N) is 1. The highest BCUT2D eigenvalue weighted by Crippen LogP contribution is 2.40. The van der Waals surface area contributed by atoms with Gasteiger partial charge in [-0.15, -0.1) is 0 Å². The van der Waals surface area contributed by atoms with Gasteiger partial charge in [-0.05, 0) is 44.6 Å². The largest absolute Gasteiger partial charge is 0.360 e. The molecule has 2 aliphatic rings. The molecule has 118 valence electrons. The Morgan fingerprint density at radius 1 is 1.14 bits per heavy atom. The summed E-state index contributed by atoms with van der Waals surface area (Å²) in [7, 11) is 0. The molecule has 0 saturated heterocycles. The number of hydrogen-bond acceptors (Lipinski definition) is 4. The van der Waals surface area contributed by atoms with E-state index < -0.39 is 0 Å². The second kappa shape index (κ2) is 6.34. The van der Waals surface area contributed by atoms with Crippen molar-refractivity contribution in [2.45, 2.75) is 56.5 Å². The van der Waals surface area contributed by atoms with Gasteiger partial charge in [0.05, 0.1) is 0 Å². The zero-order valence-electron chi connectivity index (χ0n) is 12.5. The molecule has 0 aromatic carbocycles. The minimum atomic E-state index is -0.172. The molecule has 0 radical (unpaired) electrons. The molecule has 6 heteroatoms. The Morgan fingerprint density at radius 2 is 1.77 bits per heavy atom. The van der Waals surface area contributed by atoms with Gasteiger partial charge in [-0.3, -0.25) is 9.59 Å². The predicted molar refractivity (Wildman–Crippen MR) is 80.3 cm³/mol. The molecule has 0 spiro atoms. The number of amides is 2. The first kappa shape index (κ1) is 14.8. The van der Waals surface area contributed by atoms with Crippen LogP contribution in [0.25, 0.3) is 0 Å². The number of carbonyl (C=O) groups is 2. The fourth-order valence-electron chi connectivity index (χ4n) is 2.86. The number of hydrogen-bond donors (Lipinski definition) is 2. The second-order valence-electron chi connectivity index (χ2n) is 6.12. The van der Waals surface area contributed by atoms with Gasteiger partial charge in [-0.25, -0.2) is 0 Å². The maximum Gasteiger partial charge on any atom is 0.273 e. The molecular weight excluding hydrogens is 282 g/mol. The van der Waals surface area contributed by atoms with Crippen LogP contribution in [0.3, 0.4) is 0 Å². The van der Waals surface area contributed by atoms with Crippen molar-refractivity contribution in [3.63, 3.8) is 0 Å². The lowest BCUT2D eigenvalue weighted by molar-refractivity contribution is -0.117. The molecule has 2 saturated carbocycles. The van der Waals surface area contributed by atoms with Gasteiger partial charge < -0.3 is 15.2 Å². The van der Waals surface area contributed by atoms with Crippen LogP contribution in [-0.2, 0) is 4.79 Å². The quantitative estimate of drug-likeness (QED) is 0.814. The minimum absolute atomic E-state index is 0.130. The Labute approximate surface area is 129 Å². The molecule has 0 unspecified atom stereocenters. The van der Waals surface area contributed by atoms with Gasteiger partial charge in [0.2, 0.25) is 5.91 Å². The van der Waals surface area contributed by atoms with Crippen molar-refractivity contribution < 1.29 is 14.1 Å². The highest BCUT2D eigenvalue weighted by Gasteiger charge is 2.29. The van der Waals surface area contributed by atoms with Crippen LogP contribution in [0.5, 0.6) is 0 Å². The van der Waals surface area contributed by atoms with Crippen molar-refractivity contribution >= 4 is 11.8 Å². The maximum absolute atomic E-state index is 12.2. The first-order valence-electron chi connectivity index (χ1n) is 7.86. The average Bonchev–Trinajstić information content (AvgIpc) is 3.26. The molecule has 6 nitrogen and oxygen atoms in total. The molecule has 1 aromatic rings. The lowest BCUT2D eigenvalue weighted by atomic mass is 9.91. The van der Waals surface area contributed by atoms with Crippen molar-refractivity contribution in [2.24, 2.45) is 0 Å². The van der Waals surface area contributed by atoms with Crippen LogP contribution < -0.4 is 10.6 Å². The Morgan fingerprint density at radius 3 is 2.36 bits per heavy atom. The third kappa shape index (κ3) is 3.55. The summed E-state index contributed by atoms with van der Waals surface area (Å²) in [6, 6.07) is 2.06. The normalized spacial score (nSPS) is 24.5. The second-order valence-corrected chi connectivity index (χ2v) is 6.12. The molecule has 3 rings (SSSR count). The fraction of sp³-hybridized carbons (Fsp3) is 0.562. The zero-order valence-corrected chi connectivity index (χ0v) is 12.5. The molecule has 0 atom stereocenters. The van der Waals surface area contributed by atoms with Crippen molar-refractivity contribution in [1.82, 2.24) is 15.8 Å². The van der Waals surface area contributed by atoms with Gasteiger partial charge in [0.1, 0.15) is 5.76 Å². The highest BCUT2D eigenvalue weighted by molar-refractivity contribution is 5.92. The summed E-state index contributed by atoms with van der Waals surface area (Å²) < 4.78 is 5.20. The van der Waals surface area contributed by atoms with Gasteiger partial charge >= 0.3 is 0 Å². The highest BCUT2D eigenvalue weighted by atomic mass is 16.5. The monoisotopic (exact) mass is 303 g/mol. The maximum atomic E-state index is 12.2. The topological polar surface area (TPSA) is 84.2 Å². The molecule has 22 heavy (non-hydrogen) atoms. The zero-order chi connectivity index (χ0) is 15.5. The van der Waals surface area contributed by atoms with Crippen LogP contribution in [0.1, 0.15) is 60.7 Å². The SMILES string of the molecule is C=CC(=O)NC1CCC(NC(=O)c2cc(C3CC3)on2)CC1. The van der Waals surface area contributed by atoms with E-state index in [2.05, 4.69) is 22.4 Å². The van der Waals surface area contributed by atoms with Gasteiger partial charge in [-0.1, -0.05) is 11.7 Å². The smallest absolute Gasteiger partial charge is 0.273 e. The van der Waals surface area contributed by atoms with E-state index in [4.69, 9.17) is 4.52 Å². The van der Waals surface area contributed by atoms with Crippen molar-refractivity contribution in [2.75, 3.05) is 0 Å². The first-order valence-corrected chi connectivity index (χ1v) is 7.86. The van der Waals surface area contributed by atoms with E-state index in [0.717, 1.165) is 44.3 Å². The number of nitrogens with one attached hydrogen (secondary N) is 2. The van der Waals surface area contributed by atoms with E-state index in [-0.39, 0.29) is 23.9 Å². The molecule has 0 bridgehead atoms. The summed E-state index contributed by atoms with van der Waals surface area (Å²) in [4.78, 5) is 23.4. The van der Waals surface area contributed by atoms with E-state index in [0.29, 0.717) is 11.6 Å². The van der Waals surface area contributed by atoms with E-state index in [1.165, 1.54) is 6.08 Å². The lowest BCUT2D eigenvalue weighted by Crippen LogP contribution is -2.43. The average molecular weight is 303 g/mol. The summed E-state index contributed by atoms with van der Waals surface area (Å²) in [5.74, 6) is 0.968. The number of carbonyl (C=O) groups excluding carboxylic acids is 2.